The van der Waals surface area contributed by atoms with Crippen LogP contribution in [0.2, 0.25) is 0 Å². The fourth-order valence-electron chi connectivity index (χ4n) is 0.652. The van der Waals surface area contributed by atoms with Gasteiger partial charge in [-0.05, 0) is 6.42 Å². The van der Waals surface area contributed by atoms with Crippen LogP contribution in [0.25, 0.3) is 0 Å². The standard InChI is InChI=1S/C6H11NO5.Ca.2H/c8-2-1-4(6(11)12)7-3-5(9)10;;;/h4,7-8H,1-3H2,(H,9,10)(H,11,12);;;/q;+2;2*-1. The number of carbonyl (C=O) groups is 2. The molecule has 0 saturated heterocycles. The smallest absolute Gasteiger partial charge is 1.00 e. The van der Waals surface area contributed by atoms with Crippen LogP contribution in [-0.4, -0.2) is 84.2 Å². The molecule has 13 heavy (non-hydrogen) atoms. The number of aliphatic hydroxyl groups is 1. The maximum absolute atomic E-state index is 10.3. The number of carboxylic acid groups (broad SMARTS) is 2. The largest absolute Gasteiger partial charge is 2.00 e. The Kier molecular flexibility index (Phi) is 10.4. The van der Waals surface area contributed by atoms with E-state index in [0.717, 1.165) is 0 Å². The van der Waals surface area contributed by atoms with Crippen molar-refractivity contribution in [2.75, 3.05) is 13.2 Å². The summed E-state index contributed by atoms with van der Waals surface area (Å²) in [5.41, 5.74) is 0. The second-order valence-electron chi connectivity index (χ2n) is 2.18. The molecule has 1 unspecified atom stereocenters. The number of aliphatic hydroxyl groups excluding tert-OH is 1. The molecular formula is C6H13CaNO5. The normalized spacial score (nSPS) is 11.5. The van der Waals surface area contributed by atoms with Crippen molar-refractivity contribution < 1.29 is 27.8 Å². The second-order valence-corrected chi connectivity index (χ2v) is 2.18. The van der Waals surface area contributed by atoms with Gasteiger partial charge in [-0.1, -0.05) is 0 Å². The van der Waals surface area contributed by atoms with E-state index in [1.807, 2.05) is 0 Å². The van der Waals surface area contributed by atoms with Crippen LogP contribution in [0, 0.1) is 0 Å². The SMILES string of the molecule is O=C(O)CNC(CCO)C(=O)O.[Ca+2].[H-].[H-]. The molecule has 0 fully saturated rings. The summed E-state index contributed by atoms with van der Waals surface area (Å²) < 4.78 is 0. The molecule has 0 aliphatic rings. The van der Waals surface area contributed by atoms with Crippen molar-refractivity contribution in [2.24, 2.45) is 0 Å². The molecule has 0 rings (SSSR count). The van der Waals surface area contributed by atoms with Gasteiger partial charge in [-0.25, -0.2) is 0 Å². The van der Waals surface area contributed by atoms with Gasteiger partial charge in [0.05, 0.1) is 6.54 Å². The van der Waals surface area contributed by atoms with E-state index in [1.54, 1.807) is 0 Å². The van der Waals surface area contributed by atoms with Crippen molar-refractivity contribution in [1.82, 2.24) is 5.32 Å². The molecule has 0 aromatic carbocycles. The molecule has 0 aromatic heterocycles. The third-order valence-electron chi connectivity index (χ3n) is 1.22. The Morgan fingerprint density at radius 3 is 2.23 bits per heavy atom. The van der Waals surface area contributed by atoms with Gasteiger partial charge in [-0.15, -0.1) is 0 Å². The van der Waals surface area contributed by atoms with Gasteiger partial charge >= 0.3 is 49.7 Å². The number of hydrogen-bond donors (Lipinski definition) is 4. The molecule has 0 aliphatic heterocycles. The van der Waals surface area contributed by atoms with Crippen LogP contribution in [0.5, 0.6) is 0 Å². The van der Waals surface area contributed by atoms with E-state index < -0.39 is 24.5 Å². The summed E-state index contributed by atoms with van der Waals surface area (Å²) in [6.45, 7) is -0.708. The molecule has 0 aromatic rings. The fourth-order valence-corrected chi connectivity index (χ4v) is 0.652. The maximum atomic E-state index is 10.3. The van der Waals surface area contributed by atoms with E-state index >= 15 is 0 Å². The molecule has 74 valence electrons. The molecule has 0 spiro atoms. The third-order valence-corrected chi connectivity index (χ3v) is 1.22. The van der Waals surface area contributed by atoms with E-state index in [0.29, 0.717) is 0 Å². The topological polar surface area (TPSA) is 107 Å². The predicted octanol–water partition coefficient (Wildman–Crippen LogP) is -1.66. The van der Waals surface area contributed by atoms with Crippen LogP contribution in [0.1, 0.15) is 9.27 Å². The monoisotopic (exact) mass is 219 g/mol. The molecule has 4 N–H and O–H groups in total. The van der Waals surface area contributed by atoms with Gasteiger partial charge in [-0.3, -0.25) is 14.9 Å². The van der Waals surface area contributed by atoms with Crippen LogP contribution < -0.4 is 5.32 Å². The first-order chi connectivity index (χ1) is 5.57. The zero-order valence-corrected chi connectivity index (χ0v) is 9.27. The number of carboxylic acids is 2. The Hall–Kier alpha value is 0.120. The number of aliphatic carboxylic acids is 2. The van der Waals surface area contributed by atoms with E-state index in [-0.39, 0.29) is 53.6 Å². The maximum Gasteiger partial charge on any atom is 2.00 e. The summed E-state index contributed by atoms with van der Waals surface area (Å²) in [6, 6.07) is -0.994. The van der Waals surface area contributed by atoms with Crippen molar-refractivity contribution >= 4 is 49.7 Å². The summed E-state index contributed by atoms with van der Waals surface area (Å²) in [7, 11) is 0. The van der Waals surface area contributed by atoms with E-state index in [4.69, 9.17) is 15.3 Å². The van der Waals surface area contributed by atoms with Gasteiger partial charge in [0.2, 0.25) is 0 Å². The van der Waals surface area contributed by atoms with Crippen molar-refractivity contribution in [3.63, 3.8) is 0 Å². The van der Waals surface area contributed by atoms with Crippen molar-refractivity contribution in [3.8, 4) is 0 Å². The Labute approximate surface area is 108 Å². The summed E-state index contributed by atoms with van der Waals surface area (Å²) >= 11 is 0. The summed E-state index contributed by atoms with van der Waals surface area (Å²) in [5, 5.41) is 27.3. The van der Waals surface area contributed by atoms with Crippen LogP contribution in [0.3, 0.4) is 0 Å². The minimum Gasteiger partial charge on any atom is -1.00 e. The molecule has 6 nitrogen and oxygen atoms in total. The zero-order chi connectivity index (χ0) is 9.56. The zero-order valence-electron chi connectivity index (χ0n) is 9.06. The quantitative estimate of drug-likeness (QED) is 0.398. The fraction of sp³-hybridized carbons (Fsp3) is 0.667. The van der Waals surface area contributed by atoms with Crippen LogP contribution in [0.15, 0.2) is 0 Å². The molecule has 0 saturated carbocycles. The number of rotatable bonds is 6. The van der Waals surface area contributed by atoms with E-state index in [1.165, 1.54) is 0 Å². The number of hydrogen-bond acceptors (Lipinski definition) is 4. The number of nitrogens with one attached hydrogen (secondary N) is 1. The van der Waals surface area contributed by atoms with Gasteiger partial charge in [0, 0.05) is 6.61 Å². The van der Waals surface area contributed by atoms with Crippen molar-refractivity contribution in [1.29, 1.82) is 0 Å². The first kappa shape index (κ1) is 15.6. The first-order valence-electron chi connectivity index (χ1n) is 3.36. The Morgan fingerprint density at radius 1 is 1.38 bits per heavy atom. The Balaban J connectivity index is -0.000000202. The van der Waals surface area contributed by atoms with Gasteiger partial charge in [-0.2, -0.15) is 0 Å². The van der Waals surface area contributed by atoms with Gasteiger partial charge in [0.15, 0.2) is 0 Å². The van der Waals surface area contributed by atoms with Crippen LogP contribution in [0.4, 0.5) is 0 Å². The molecule has 0 radical (unpaired) electrons. The van der Waals surface area contributed by atoms with E-state index in [2.05, 4.69) is 5.32 Å². The molecule has 0 amide bonds. The minimum absolute atomic E-state index is 0. The van der Waals surface area contributed by atoms with Gasteiger partial charge < -0.3 is 18.2 Å². The Morgan fingerprint density at radius 2 is 1.92 bits per heavy atom. The van der Waals surface area contributed by atoms with Crippen molar-refractivity contribution in [2.45, 2.75) is 12.5 Å². The minimum atomic E-state index is -1.16. The van der Waals surface area contributed by atoms with Crippen LogP contribution >= 0.6 is 0 Å². The first-order valence-corrected chi connectivity index (χ1v) is 3.36. The average Bonchev–Trinajstić information content (AvgIpc) is 1.96. The second kappa shape index (κ2) is 8.71. The summed E-state index contributed by atoms with van der Waals surface area (Å²) in [6.07, 6.45) is 0.00259. The van der Waals surface area contributed by atoms with Crippen molar-refractivity contribution in [3.05, 3.63) is 0 Å². The Bertz CT molecular complexity index is 183. The predicted molar refractivity (Wildman–Crippen MR) is 46.7 cm³/mol. The molecular weight excluding hydrogens is 206 g/mol. The molecule has 1 atom stereocenters. The van der Waals surface area contributed by atoms with Gasteiger partial charge in [0.1, 0.15) is 6.04 Å². The average molecular weight is 219 g/mol. The molecule has 0 bridgehead atoms. The molecule has 0 aliphatic carbocycles. The summed E-state index contributed by atoms with van der Waals surface area (Å²) in [5.74, 6) is -2.29. The molecule has 0 heterocycles. The van der Waals surface area contributed by atoms with Gasteiger partial charge in [0.25, 0.3) is 0 Å². The molecule has 7 heteroatoms. The third kappa shape index (κ3) is 8.45. The summed E-state index contributed by atoms with van der Waals surface area (Å²) in [4.78, 5) is 20.3. The van der Waals surface area contributed by atoms with E-state index in [9.17, 15) is 9.59 Å². The van der Waals surface area contributed by atoms with Crippen LogP contribution in [-0.2, 0) is 9.59 Å².